The van der Waals surface area contributed by atoms with Crippen molar-refractivity contribution >= 4 is 17.8 Å². The fourth-order valence-electron chi connectivity index (χ4n) is 2.83. The summed E-state index contributed by atoms with van der Waals surface area (Å²) in [5.41, 5.74) is 2.10. The second-order valence-electron chi connectivity index (χ2n) is 7.16. The number of benzene rings is 1. The number of nitrogens with zero attached hydrogens (tertiary/aromatic N) is 2. The first kappa shape index (κ1) is 30.7. The van der Waals surface area contributed by atoms with Crippen molar-refractivity contribution in [3.8, 4) is 0 Å². The van der Waals surface area contributed by atoms with Gasteiger partial charge in [0, 0.05) is 31.9 Å². The maximum Gasteiger partial charge on any atom is 0.305 e. The van der Waals surface area contributed by atoms with Crippen LogP contribution in [-0.2, 0) is 27.4 Å². The van der Waals surface area contributed by atoms with E-state index in [0.29, 0.717) is 19.4 Å². The highest BCUT2D eigenvalue weighted by atomic mass is 16.4. The van der Waals surface area contributed by atoms with Crippen LogP contribution in [0, 0.1) is 0 Å². The highest BCUT2D eigenvalue weighted by Crippen LogP contribution is 2.06. The molecule has 1 aromatic heterocycles. The molecule has 8 nitrogen and oxygen atoms in total. The molecule has 8 heteroatoms. The van der Waals surface area contributed by atoms with Gasteiger partial charge in [0.2, 0.25) is 11.8 Å². The molecule has 0 bridgehead atoms. The Morgan fingerprint density at radius 1 is 0.971 bits per heavy atom. The van der Waals surface area contributed by atoms with Crippen LogP contribution in [-0.4, -0.2) is 57.5 Å². The predicted molar refractivity (Wildman–Crippen MR) is 133 cm³/mol. The summed E-state index contributed by atoms with van der Waals surface area (Å²) in [6.07, 6.45) is 5.97. The van der Waals surface area contributed by atoms with Crippen LogP contribution in [0.1, 0.15) is 57.6 Å². The number of amides is 2. The number of aromatic nitrogens is 1. The summed E-state index contributed by atoms with van der Waals surface area (Å²) in [4.78, 5) is 40.0. The van der Waals surface area contributed by atoms with Gasteiger partial charge in [-0.15, -0.1) is 0 Å². The zero-order valence-electron chi connectivity index (χ0n) is 20.6. The molecular formula is C26H39N3O5. The van der Waals surface area contributed by atoms with Crippen LogP contribution in [0.2, 0.25) is 0 Å². The molecular weight excluding hydrogens is 434 g/mol. The van der Waals surface area contributed by atoms with Crippen molar-refractivity contribution in [1.82, 2.24) is 15.2 Å². The average Bonchev–Trinajstić information content (AvgIpc) is 2.86. The average molecular weight is 474 g/mol. The Labute approximate surface area is 203 Å². The highest BCUT2D eigenvalue weighted by molar-refractivity contribution is 5.85. The van der Waals surface area contributed by atoms with Crippen molar-refractivity contribution in [2.45, 2.75) is 59.5 Å². The van der Waals surface area contributed by atoms with E-state index in [1.807, 2.05) is 63.2 Å². The summed E-state index contributed by atoms with van der Waals surface area (Å²) in [6.45, 7) is 6.65. The van der Waals surface area contributed by atoms with Gasteiger partial charge in [0.1, 0.15) is 0 Å². The molecule has 3 N–H and O–H groups in total. The molecule has 0 aliphatic carbocycles. The molecule has 2 amide bonds. The van der Waals surface area contributed by atoms with Crippen LogP contribution >= 0.6 is 0 Å². The SMILES string of the molecule is CC.CCCN(CC(=O)NCCC(=O)O)C(=O)CCCc1ccncc1.OCc1ccccc1. The number of carbonyl (C=O) groups excluding carboxylic acids is 2. The minimum Gasteiger partial charge on any atom is -0.481 e. The summed E-state index contributed by atoms with van der Waals surface area (Å²) in [6, 6.07) is 13.4. The number of carboxylic acid groups (broad SMARTS) is 1. The number of hydrogen-bond donors (Lipinski definition) is 3. The Hall–Kier alpha value is -3.26. The third kappa shape index (κ3) is 15.5. The van der Waals surface area contributed by atoms with Gasteiger partial charge in [-0.05, 0) is 42.5 Å². The molecule has 34 heavy (non-hydrogen) atoms. The lowest BCUT2D eigenvalue weighted by Gasteiger charge is -2.21. The van der Waals surface area contributed by atoms with Crippen molar-refractivity contribution in [1.29, 1.82) is 0 Å². The maximum absolute atomic E-state index is 12.3. The summed E-state index contributed by atoms with van der Waals surface area (Å²) in [7, 11) is 0. The van der Waals surface area contributed by atoms with Crippen LogP contribution in [0.15, 0.2) is 54.9 Å². The number of aliphatic hydroxyl groups excluding tert-OH is 1. The van der Waals surface area contributed by atoms with Crippen molar-refractivity contribution in [2.24, 2.45) is 0 Å². The number of hydrogen-bond acceptors (Lipinski definition) is 5. The van der Waals surface area contributed by atoms with Gasteiger partial charge in [0.25, 0.3) is 0 Å². The molecule has 0 aliphatic heterocycles. The van der Waals surface area contributed by atoms with E-state index in [1.54, 1.807) is 12.4 Å². The van der Waals surface area contributed by atoms with E-state index >= 15 is 0 Å². The minimum absolute atomic E-state index is 0.0262. The van der Waals surface area contributed by atoms with Gasteiger partial charge in [0.15, 0.2) is 0 Å². The van der Waals surface area contributed by atoms with Gasteiger partial charge >= 0.3 is 5.97 Å². The van der Waals surface area contributed by atoms with Crippen LogP contribution < -0.4 is 5.32 Å². The zero-order chi connectivity index (χ0) is 25.6. The van der Waals surface area contributed by atoms with Gasteiger partial charge in [0.05, 0.1) is 19.6 Å². The molecule has 1 heterocycles. The molecule has 0 unspecified atom stereocenters. The largest absolute Gasteiger partial charge is 0.481 e. The Balaban J connectivity index is 0.000000904. The van der Waals surface area contributed by atoms with Crippen molar-refractivity contribution in [3.05, 3.63) is 66.0 Å². The summed E-state index contributed by atoms with van der Waals surface area (Å²) in [5.74, 6) is -1.35. The van der Waals surface area contributed by atoms with E-state index in [1.165, 1.54) is 4.90 Å². The molecule has 2 aromatic rings. The maximum atomic E-state index is 12.3. The first-order chi connectivity index (χ1) is 16.5. The molecule has 0 saturated heterocycles. The van der Waals surface area contributed by atoms with Gasteiger partial charge in [-0.1, -0.05) is 51.1 Å². The second-order valence-corrected chi connectivity index (χ2v) is 7.16. The van der Waals surface area contributed by atoms with Crippen LogP contribution in [0.4, 0.5) is 0 Å². The zero-order valence-corrected chi connectivity index (χ0v) is 20.6. The van der Waals surface area contributed by atoms with Crippen LogP contribution in [0.3, 0.4) is 0 Å². The van der Waals surface area contributed by atoms with E-state index in [-0.39, 0.29) is 37.9 Å². The molecule has 2 rings (SSSR count). The molecule has 0 fully saturated rings. The van der Waals surface area contributed by atoms with Crippen molar-refractivity contribution < 1.29 is 24.6 Å². The Morgan fingerprint density at radius 3 is 2.15 bits per heavy atom. The van der Waals surface area contributed by atoms with Gasteiger partial charge < -0.3 is 20.4 Å². The highest BCUT2D eigenvalue weighted by Gasteiger charge is 2.16. The van der Waals surface area contributed by atoms with Crippen molar-refractivity contribution in [3.63, 3.8) is 0 Å². The van der Waals surface area contributed by atoms with Crippen LogP contribution in [0.5, 0.6) is 0 Å². The number of aliphatic hydroxyl groups is 1. The lowest BCUT2D eigenvalue weighted by Crippen LogP contribution is -2.41. The van der Waals surface area contributed by atoms with Gasteiger partial charge in [-0.25, -0.2) is 0 Å². The first-order valence-electron chi connectivity index (χ1n) is 11.8. The Kier molecular flexibility index (Phi) is 18.4. The number of aryl methyl sites for hydroxylation is 1. The lowest BCUT2D eigenvalue weighted by molar-refractivity contribution is -0.138. The Morgan fingerprint density at radius 2 is 1.62 bits per heavy atom. The first-order valence-corrected chi connectivity index (χ1v) is 11.8. The lowest BCUT2D eigenvalue weighted by atomic mass is 10.1. The van der Waals surface area contributed by atoms with E-state index in [9.17, 15) is 14.4 Å². The smallest absolute Gasteiger partial charge is 0.305 e. The summed E-state index contributed by atoms with van der Waals surface area (Å²) < 4.78 is 0. The fraction of sp³-hybridized carbons (Fsp3) is 0.462. The second kappa shape index (κ2) is 20.4. The number of nitrogens with one attached hydrogen (secondary N) is 1. The molecule has 188 valence electrons. The van der Waals surface area contributed by atoms with E-state index in [4.69, 9.17) is 10.2 Å². The van der Waals surface area contributed by atoms with E-state index < -0.39 is 5.97 Å². The van der Waals surface area contributed by atoms with Gasteiger partial charge in [-0.3, -0.25) is 19.4 Å². The number of rotatable bonds is 12. The topological polar surface area (TPSA) is 120 Å². The molecule has 0 atom stereocenters. The predicted octanol–water partition coefficient (Wildman–Crippen LogP) is 3.44. The quantitative estimate of drug-likeness (QED) is 0.434. The summed E-state index contributed by atoms with van der Waals surface area (Å²) >= 11 is 0. The minimum atomic E-state index is -0.965. The third-order valence-corrected chi connectivity index (χ3v) is 4.47. The number of carbonyl (C=O) groups is 3. The van der Waals surface area contributed by atoms with Crippen LogP contribution in [0.25, 0.3) is 0 Å². The van der Waals surface area contributed by atoms with Crippen molar-refractivity contribution in [2.75, 3.05) is 19.6 Å². The normalized spacial score (nSPS) is 9.53. The molecule has 0 radical (unpaired) electrons. The summed E-state index contributed by atoms with van der Waals surface area (Å²) in [5, 5.41) is 19.6. The number of aliphatic carboxylic acids is 1. The fourth-order valence-corrected chi connectivity index (χ4v) is 2.83. The molecule has 0 aliphatic rings. The molecule has 0 spiro atoms. The third-order valence-electron chi connectivity index (χ3n) is 4.47. The van der Waals surface area contributed by atoms with Gasteiger partial charge in [-0.2, -0.15) is 0 Å². The van der Waals surface area contributed by atoms with E-state index in [0.717, 1.165) is 24.0 Å². The monoisotopic (exact) mass is 473 g/mol. The number of carboxylic acids is 1. The van der Waals surface area contributed by atoms with E-state index in [2.05, 4.69) is 10.3 Å². The number of pyridine rings is 1. The Bertz CT molecular complexity index is 801. The molecule has 1 aromatic carbocycles. The standard InChI is InChI=1S/C17H25N3O4.C7H8O.C2H6/c1-2-12-20(13-15(21)19-11-8-17(23)24)16(22)5-3-4-14-6-9-18-10-7-14;8-6-7-4-2-1-3-5-7;1-2/h6-7,9-10H,2-5,8,11-13H2,1H3,(H,19,21)(H,23,24);1-5,8H,6H2;1-2H3. The molecule has 0 saturated carbocycles.